The van der Waals surface area contributed by atoms with E-state index < -0.39 is 0 Å². The lowest BCUT2D eigenvalue weighted by Gasteiger charge is -2.04. The van der Waals surface area contributed by atoms with Gasteiger partial charge in [0.25, 0.3) is 0 Å². The maximum Gasteiger partial charge on any atom is 0.196 e. The molecule has 72 valence electrons. The van der Waals surface area contributed by atoms with Gasteiger partial charge in [0, 0.05) is 6.20 Å². The molecule has 5 heteroatoms. The first kappa shape index (κ1) is 10.1. The Labute approximate surface area is 82.4 Å². The summed E-state index contributed by atoms with van der Waals surface area (Å²) in [5.41, 5.74) is 0. The molecule has 13 heavy (non-hydrogen) atoms. The summed E-state index contributed by atoms with van der Waals surface area (Å²) in [5, 5.41) is 3.04. The monoisotopic (exact) mass is 199 g/mol. The summed E-state index contributed by atoms with van der Waals surface area (Å²) in [6.45, 7) is 1.64. The van der Waals surface area contributed by atoms with Gasteiger partial charge in [-0.25, -0.2) is 4.98 Å². The summed E-state index contributed by atoms with van der Waals surface area (Å²) in [4.78, 5) is 6.70. The van der Waals surface area contributed by atoms with Crippen LogP contribution in [-0.2, 0) is 0 Å². The SMILES string of the molecule is CNCCCOc1cnc(=S)[nH]c1. The van der Waals surface area contributed by atoms with E-state index in [1.165, 1.54) is 0 Å². The van der Waals surface area contributed by atoms with Crippen molar-refractivity contribution in [1.82, 2.24) is 15.3 Å². The Morgan fingerprint density at radius 3 is 3.15 bits per heavy atom. The molecule has 0 radical (unpaired) electrons. The van der Waals surface area contributed by atoms with Crippen LogP contribution in [0.3, 0.4) is 0 Å². The van der Waals surface area contributed by atoms with E-state index in [0.717, 1.165) is 18.7 Å². The average molecular weight is 199 g/mol. The highest BCUT2D eigenvalue weighted by Crippen LogP contribution is 2.04. The van der Waals surface area contributed by atoms with Crippen molar-refractivity contribution in [2.24, 2.45) is 0 Å². The lowest BCUT2D eigenvalue weighted by atomic mass is 10.4. The first-order valence-corrected chi connectivity index (χ1v) is 4.56. The molecular weight excluding hydrogens is 186 g/mol. The molecule has 0 fully saturated rings. The molecule has 1 heterocycles. The van der Waals surface area contributed by atoms with Crippen LogP contribution >= 0.6 is 12.2 Å². The number of rotatable bonds is 5. The van der Waals surface area contributed by atoms with Gasteiger partial charge >= 0.3 is 0 Å². The molecule has 0 aliphatic carbocycles. The molecule has 0 aromatic carbocycles. The summed E-state index contributed by atoms with van der Waals surface area (Å²) in [6.07, 6.45) is 4.32. The van der Waals surface area contributed by atoms with Gasteiger partial charge in [0.05, 0.1) is 12.8 Å². The van der Waals surface area contributed by atoms with Crippen LogP contribution in [-0.4, -0.2) is 30.2 Å². The highest BCUT2D eigenvalue weighted by Gasteiger charge is 1.91. The second-order valence-electron chi connectivity index (χ2n) is 2.56. The van der Waals surface area contributed by atoms with Crippen molar-refractivity contribution in [2.45, 2.75) is 6.42 Å². The first-order chi connectivity index (χ1) is 6.33. The Kier molecular flexibility index (Phi) is 4.42. The predicted octanol–water partition coefficient (Wildman–Crippen LogP) is 1.13. The molecule has 2 N–H and O–H groups in total. The van der Waals surface area contributed by atoms with E-state index in [2.05, 4.69) is 15.3 Å². The summed E-state index contributed by atoms with van der Waals surface area (Å²) >= 11 is 4.79. The fourth-order valence-corrected chi connectivity index (χ4v) is 0.959. The van der Waals surface area contributed by atoms with Crippen molar-refractivity contribution >= 4 is 12.2 Å². The summed E-state index contributed by atoms with van der Waals surface area (Å²) in [6, 6.07) is 0. The molecule has 0 aliphatic heterocycles. The zero-order valence-electron chi connectivity index (χ0n) is 7.54. The van der Waals surface area contributed by atoms with Crippen LogP contribution in [0, 0.1) is 4.77 Å². The van der Waals surface area contributed by atoms with E-state index in [9.17, 15) is 0 Å². The Bertz CT molecular complexity index is 279. The Balaban J connectivity index is 2.29. The number of hydrogen-bond donors (Lipinski definition) is 2. The molecule has 0 saturated carbocycles. The van der Waals surface area contributed by atoms with E-state index in [-0.39, 0.29) is 0 Å². The van der Waals surface area contributed by atoms with Gasteiger partial charge in [0.1, 0.15) is 0 Å². The van der Waals surface area contributed by atoms with Crippen LogP contribution in [0.2, 0.25) is 0 Å². The van der Waals surface area contributed by atoms with Gasteiger partial charge in [-0.1, -0.05) is 0 Å². The number of aromatic amines is 1. The van der Waals surface area contributed by atoms with Gasteiger partial charge in [-0.15, -0.1) is 0 Å². The lowest BCUT2D eigenvalue weighted by molar-refractivity contribution is 0.307. The second kappa shape index (κ2) is 5.66. The van der Waals surface area contributed by atoms with Crippen molar-refractivity contribution in [3.63, 3.8) is 0 Å². The molecule has 0 saturated heterocycles. The fraction of sp³-hybridized carbons (Fsp3) is 0.500. The van der Waals surface area contributed by atoms with Gasteiger partial charge in [-0.3, -0.25) is 0 Å². The molecule has 0 spiro atoms. The van der Waals surface area contributed by atoms with Crippen LogP contribution in [0.5, 0.6) is 5.75 Å². The Morgan fingerprint density at radius 2 is 2.54 bits per heavy atom. The third-order valence-corrected chi connectivity index (χ3v) is 1.71. The van der Waals surface area contributed by atoms with Gasteiger partial charge in [0.15, 0.2) is 10.5 Å². The van der Waals surface area contributed by atoms with Gasteiger partial charge in [-0.2, -0.15) is 0 Å². The number of hydrogen-bond acceptors (Lipinski definition) is 4. The van der Waals surface area contributed by atoms with Crippen molar-refractivity contribution in [3.8, 4) is 5.75 Å². The highest BCUT2D eigenvalue weighted by atomic mass is 32.1. The van der Waals surface area contributed by atoms with Crippen molar-refractivity contribution in [2.75, 3.05) is 20.2 Å². The largest absolute Gasteiger partial charge is 0.490 e. The highest BCUT2D eigenvalue weighted by molar-refractivity contribution is 7.71. The number of ether oxygens (including phenoxy) is 1. The van der Waals surface area contributed by atoms with Crippen LogP contribution in [0.15, 0.2) is 12.4 Å². The standard InChI is InChI=1S/C8H13N3OS/c1-9-3-2-4-12-7-5-10-8(13)11-6-7/h5-6,9H,2-4H2,1H3,(H,10,11,13). The van der Waals surface area contributed by atoms with Crippen molar-refractivity contribution in [3.05, 3.63) is 17.2 Å². The maximum absolute atomic E-state index is 5.38. The Morgan fingerprint density at radius 1 is 1.69 bits per heavy atom. The number of aromatic nitrogens is 2. The minimum absolute atomic E-state index is 0.475. The van der Waals surface area contributed by atoms with Gasteiger partial charge in [-0.05, 0) is 32.2 Å². The second-order valence-corrected chi connectivity index (χ2v) is 2.95. The third-order valence-electron chi connectivity index (χ3n) is 1.49. The van der Waals surface area contributed by atoms with E-state index in [1.807, 2.05) is 7.05 Å². The van der Waals surface area contributed by atoms with Crippen molar-refractivity contribution in [1.29, 1.82) is 0 Å². The molecule has 0 aliphatic rings. The van der Waals surface area contributed by atoms with Crippen LogP contribution in [0.25, 0.3) is 0 Å². The molecule has 0 unspecified atom stereocenters. The van der Waals surface area contributed by atoms with Gasteiger partial charge < -0.3 is 15.0 Å². The van der Waals surface area contributed by atoms with E-state index in [0.29, 0.717) is 11.4 Å². The van der Waals surface area contributed by atoms with E-state index in [1.54, 1.807) is 12.4 Å². The minimum atomic E-state index is 0.475. The molecule has 0 bridgehead atoms. The quantitative estimate of drug-likeness (QED) is 0.551. The normalized spacial score (nSPS) is 9.92. The first-order valence-electron chi connectivity index (χ1n) is 4.15. The zero-order chi connectivity index (χ0) is 9.52. The summed E-state index contributed by atoms with van der Waals surface area (Å²) in [5.74, 6) is 0.727. The van der Waals surface area contributed by atoms with E-state index >= 15 is 0 Å². The number of nitrogens with one attached hydrogen (secondary N) is 2. The fourth-order valence-electron chi connectivity index (χ4n) is 0.848. The molecular formula is C8H13N3OS. The topological polar surface area (TPSA) is 49.9 Å². The smallest absolute Gasteiger partial charge is 0.196 e. The number of nitrogens with zero attached hydrogens (tertiary/aromatic N) is 1. The molecule has 0 amide bonds. The number of H-pyrrole nitrogens is 1. The van der Waals surface area contributed by atoms with Gasteiger partial charge in [0.2, 0.25) is 0 Å². The maximum atomic E-state index is 5.38. The molecule has 0 atom stereocenters. The van der Waals surface area contributed by atoms with Crippen LogP contribution < -0.4 is 10.1 Å². The average Bonchev–Trinajstić information content (AvgIpc) is 2.15. The third kappa shape index (κ3) is 4.00. The van der Waals surface area contributed by atoms with Crippen LogP contribution in [0.1, 0.15) is 6.42 Å². The van der Waals surface area contributed by atoms with E-state index in [4.69, 9.17) is 17.0 Å². The lowest BCUT2D eigenvalue weighted by Crippen LogP contribution is -2.11. The van der Waals surface area contributed by atoms with Crippen LogP contribution in [0.4, 0.5) is 0 Å². The minimum Gasteiger partial charge on any atom is -0.490 e. The Hall–Kier alpha value is -0.940. The summed E-state index contributed by atoms with van der Waals surface area (Å²) < 4.78 is 5.86. The predicted molar refractivity (Wildman–Crippen MR) is 53.5 cm³/mol. The van der Waals surface area contributed by atoms with Crippen molar-refractivity contribution < 1.29 is 4.74 Å². The zero-order valence-corrected chi connectivity index (χ0v) is 8.36. The molecule has 1 aromatic heterocycles. The molecule has 4 nitrogen and oxygen atoms in total. The molecule has 1 aromatic rings. The molecule has 1 rings (SSSR count). The summed E-state index contributed by atoms with van der Waals surface area (Å²) in [7, 11) is 1.92.